The molecule has 1 aromatic carbocycles. The zero-order valence-electron chi connectivity index (χ0n) is 15.0. The smallest absolute Gasteiger partial charge is 0.191 e. The first-order chi connectivity index (χ1) is 11.5. The van der Waals surface area contributed by atoms with Crippen molar-refractivity contribution in [3.05, 3.63) is 46.2 Å². The van der Waals surface area contributed by atoms with Crippen LogP contribution in [0.25, 0.3) is 0 Å². The van der Waals surface area contributed by atoms with E-state index in [1.54, 1.807) is 24.3 Å². The van der Waals surface area contributed by atoms with Gasteiger partial charge >= 0.3 is 0 Å². The molecule has 0 saturated heterocycles. The lowest BCUT2D eigenvalue weighted by molar-refractivity contribution is 0.617. The number of rotatable bonds is 6. The van der Waals surface area contributed by atoms with Gasteiger partial charge in [-0.2, -0.15) is 0 Å². The largest absolute Gasteiger partial charge is 0.357 e. The Kier molecular flexibility index (Phi) is 9.12. The molecule has 5 nitrogen and oxygen atoms in total. The molecule has 1 aromatic heterocycles. The van der Waals surface area contributed by atoms with Crippen LogP contribution in [0.5, 0.6) is 0 Å². The summed E-state index contributed by atoms with van der Waals surface area (Å²) in [5.74, 6) is 0.534. The first-order valence-corrected chi connectivity index (χ1v) is 8.76. The van der Waals surface area contributed by atoms with Crippen LogP contribution in [0.3, 0.4) is 0 Å². The molecule has 0 atom stereocenters. The molecule has 25 heavy (non-hydrogen) atoms. The zero-order valence-corrected chi connectivity index (χ0v) is 18.1. The SMILES string of the molecule is CCNC(=NCc1ccc(F)c(C)c1)NCc1csc(N(C)C)n1.I. The van der Waals surface area contributed by atoms with Crippen molar-refractivity contribution >= 4 is 46.4 Å². The summed E-state index contributed by atoms with van der Waals surface area (Å²) in [6.45, 7) is 5.66. The second-order valence-electron chi connectivity index (χ2n) is 5.65. The van der Waals surface area contributed by atoms with Crippen molar-refractivity contribution in [2.24, 2.45) is 4.99 Å². The van der Waals surface area contributed by atoms with Crippen LogP contribution >= 0.6 is 35.3 Å². The predicted octanol–water partition coefficient (Wildman–Crippen LogP) is 3.53. The molecule has 0 radical (unpaired) electrons. The molecule has 0 aliphatic heterocycles. The molecule has 0 fully saturated rings. The third-order valence-electron chi connectivity index (χ3n) is 3.35. The second kappa shape index (κ2) is 10.5. The Morgan fingerprint density at radius 3 is 2.68 bits per heavy atom. The van der Waals surface area contributed by atoms with Gasteiger partial charge in [0.15, 0.2) is 11.1 Å². The van der Waals surface area contributed by atoms with Gasteiger partial charge in [-0.05, 0) is 31.0 Å². The summed E-state index contributed by atoms with van der Waals surface area (Å²) >= 11 is 1.61. The Morgan fingerprint density at radius 1 is 1.32 bits per heavy atom. The Bertz CT molecular complexity index is 702. The number of anilines is 1. The number of hydrogen-bond donors (Lipinski definition) is 2. The lowest BCUT2D eigenvalue weighted by atomic mass is 10.1. The summed E-state index contributed by atoms with van der Waals surface area (Å²) in [5, 5.41) is 9.50. The fourth-order valence-electron chi connectivity index (χ4n) is 2.07. The van der Waals surface area contributed by atoms with Crippen molar-refractivity contribution in [2.75, 3.05) is 25.5 Å². The number of guanidine groups is 1. The summed E-state index contributed by atoms with van der Waals surface area (Å²) in [5.41, 5.74) is 2.60. The number of aryl methyl sites for hydroxylation is 1. The third kappa shape index (κ3) is 6.77. The Hall–Kier alpha value is -1.42. The van der Waals surface area contributed by atoms with Gasteiger partial charge in [0.05, 0.1) is 18.8 Å². The van der Waals surface area contributed by atoms with E-state index in [4.69, 9.17) is 0 Å². The number of nitrogens with one attached hydrogen (secondary N) is 2. The molecule has 0 spiro atoms. The number of nitrogens with zero attached hydrogens (tertiary/aromatic N) is 3. The van der Waals surface area contributed by atoms with E-state index >= 15 is 0 Å². The fraction of sp³-hybridized carbons (Fsp3) is 0.412. The number of aliphatic imine (C=N–C) groups is 1. The molecule has 0 bridgehead atoms. The van der Waals surface area contributed by atoms with Gasteiger partial charge in [-0.3, -0.25) is 0 Å². The van der Waals surface area contributed by atoms with E-state index in [9.17, 15) is 4.39 Å². The summed E-state index contributed by atoms with van der Waals surface area (Å²) in [4.78, 5) is 11.1. The van der Waals surface area contributed by atoms with Gasteiger partial charge in [-0.15, -0.1) is 35.3 Å². The topological polar surface area (TPSA) is 52.6 Å². The highest BCUT2D eigenvalue weighted by atomic mass is 127. The summed E-state index contributed by atoms with van der Waals surface area (Å²) < 4.78 is 13.3. The normalized spacial score (nSPS) is 11.0. The molecule has 138 valence electrons. The van der Waals surface area contributed by atoms with Crippen LogP contribution in [0.15, 0.2) is 28.6 Å². The minimum atomic E-state index is -0.187. The van der Waals surface area contributed by atoms with E-state index in [1.165, 1.54) is 6.07 Å². The molecule has 0 aliphatic carbocycles. The quantitative estimate of drug-likeness (QED) is 0.380. The van der Waals surface area contributed by atoms with Gasteiger partial charge in [0.25, 0.3) is 0 Å². The number of benzene rings is 1. The Labute approximate surface area is 169 Å². The molecule has 8 heteroatoms. The average molecular weight is 477 g/mol. The van der Waals surface area contributed by atoms with E-state index < -0.39 is 0 Å². The Morgan fingerprint density at radius 2 is 2.08 bits per heavy atom. The average Bonchev–Trinajstić information content (AvgIpc) is 3.02. The van der Waals surface area contributed by atoms with Gasteiger partial charge in [0.1, 0.15) is 5.82 Å². The van der Waals surface area contributed by atoms with E-state index in [2.05, 4.69) is 20.6 Å². The predicted molar refractivity (Wildman–Crippen MR) is 115 cm³/mol. The maximum atomic E-state index is 13.3. The van der Waals surface area contributed by atoms with E-state index in [1.807, 2.05) is 37.4 Å². The first-order valence-electron chi connectivity index (χ1n) is 7.88. The summed E-state index contributed by atoms with van der Waals surface area (Å²) in [6.07, 6.45) is 0. The van der Waals surface area contributed by atoms with Crippen molar-refractivity contribution < 1.29 is 4.39 Å². The number of halogens is 2. The molecule has 0 saturated carbocycles. The summed E-state index contributed by atoms with van der Waals surface area (Å²) in [6, 6.07) is 5.07. The van der Waals surface area contributed by atoms with E-state index in [0.29, 0.717) is 18.7 Å². The second-order valence-corrected chi connectivity index (χ2v) is 6.48. The van der Waals surface area contributed by atoms with Crippen LogP contribution in [0.2, 0.25) is 0 Å². The highest BCUT2D eigenvalue weighted by Gasteiger charge is 2.05. The summed E-state index contributed by atoms with van der Waals surface area (Å²) in [7, 11) is 3.96. The van der Waals surface area contributed by atoms with Crippen molar-refractivity contribution in [1.82, 2.24) is 15.6 Å². The molecule has 2 rings (SSSR count). The van der Waals surface area contributed by atoms with Crippen molar-refractivity contribution in [3.8, 4) is 0 Å². The molecule has 0 unspecified atom stereocenters. The minimum absolute atomic E-state index is 0. The molecular formula is C17H25FIN5S. The van der Waals surface area contributed by atoms with Crippen LogP contribution in [0, 0.1) is 12.7 Å². The van der Waals surface area contributed by atoms with Gasteiger partial charge in [-0.25, -0.2) is 14.4 Å². The lowest BCUT2D eigenvalue weighted by Crippen LogP contribution is -2.36. The maximum absolute atomic E-state index is 13.3. The molecule has 0 amide bonds. The monoisotopic (exact) mass is 477 g/mol. The van der Waals surface area contributed by atoms with Gasteiger partial charge in [0, 0.05) is 26.0 Å². The highest BCUT2D eigenvalue weighted by molar-refractivity contribution is 14.0. The highest BCUT2D eigenvalue weighted by Crippen LogP contribution is 2.17. The Balaban J connectivity index is 0.00000312. The van der Waals surface area contributed by atoms with Crippen molar-refractivity contribution in [1.29, 1.82) is 0 Å². The lowest BCUT2D eigenvalue weighted by Gasteiger charge is -2.11. The van der Waals surface area contributed by atoms with Gasteiger partial charge in [0.2, 0.25) is 0 Å². The first kappa shape index (κ1) is 21.6. The van der Waals surface area contributed by atoms with Crippen LogP contribution in [0.1, 0.15) is 23.7 Å². The van der Waals surface area contributed by atoms with Crippen molar-refractivity contribution in [2.45, 2.75) is 26.9 Å². The molecule has 0 aliphatic rings. The van der Waals surface area contributed by atoms with Crippen LogP contribution < -0.4 is 15.5 Å². The van der Waals surface area contributed by atoms with Gasteiger partial charge in [-0.1, -0.05) is 12.1 Å². The van der Waals surface area contributed by atoms with E-state index in [-0.39, 0.29) is 29.8 Å². The number of hydrogen-bond acceptors (Lipinski definition) is 4. The van der Waals surface area contributed by atoms with Crippen LogP contribution in [-0.2, 0) is 13.1 Å². The number of aromatic nitrogens is 1. The van der Waals surface area contributed by atoms with Crippen molar-refractivity contribution in [3.63, 3.8) is 0 Å². The standard InChI is InChI=1S/C17H24FN5S.HI/c1-5-19-16(20-9-13-6-7-15(18)12(2)8-13)21-10-14-11-24-17(22-14)23(3)4;/h6-8,11H,5,9-10H2,1-4H3,(H2,19,20,21);1H. The zero-order chi connectivity index (χ0) is 17.5. The fourth-order valence-corrected chi connectivity index (χ4v) is 2.83. The molecule has 2 N–H and O–H groups in total. The molecule has 2 aromatic rings. The minimum Gasteiger partial charge on any atom is -0.357 e. The van der Waals surface area contributed by atoms with Gasteiger partial charge < -0.3 is 15.5 Å². The number of thiazole rings is 1. The van der Waals surface area contributed by atoms with E-state index in [0.717, 1.165) is 28.9 Å². The molecule has 1 heterocycles. The molecular weight excluding hydrogens is 452 g/mol. The third-order valence-corrected chi connectivity index (χ3v) is 4.40. The van der Waals surface area contributed by atoms with Crippen LogP contribution in [0.4, 0.5) is 9.52 Å². The maximum Gasteiger partial charge on any atom is 0.191 e. The van der Waals surface area contributed by atoms with Crippen LogP contribution in [-0.4, -0.2) is 31.6 Å².